The first-order valence-electron chi connectivity index (χ1n) is 12.5. The Labute approximate surface area is 217 Å². The molecule has 4 heterocycles. The molecule has 2 aromatic heterocycles. The van der Waals surface area contributed by atoms with Crippen LogP contribution in [0, 0.1) is 0 Å². The molecule has 1 amide bonds. The first-order valence-corrected chi connectivity index (χ1v) is 14.0. The lowest BCUT2D eigenvalue weighted by molar-refractivity contribution is 0.0733. The van der Waals surface area contributed by atoms with Crippen LogP contribution in [0.3, 0.4) is 0 Å². The van der Waals surface area contributed by atoms with Crippen molar-refractivity contribution in [3.8, 4) is 0 Å². The number of hydrogen-bond acceptors (Lipinski definition) is 7. The van der Waals surface area contributed by atoms with Crippen LogP contribution in [0.2, 0.25) is 0 Å². The molecule has 0 spiro atoms. The number of rotatable bonds is 7. The van der Waals surface area contributed by atoms with Crippen molar-refractivity contribution in [2.24, 2.45) is 0 Å². The summed E-state index contributed by atoms with van der Waals surface area (Å²) in [6, 6.07) is 11.2. The van der Waals surface area contributed by atoms with Crippen LogP contribution in [0.1, 0.15) is 24.3 Å². The van der Waals surface area contributed by atoms with Gasteiger partial charge in [0.2, 0.25) is 0 Å². The molecule has 0 bridgehead atoms. The third-order valence-electron chi connectivity index (χ3n) is 6.51. The molecule has 0 aliphatic carbocycles. The number of nitrogens with zero attached hydrogens (tertiary/aromatic N) is 4. The lowest BCUT2D eigenvalue weighted by atomic mass is 10.2. The minimum atomic E-state index is -3.67. The third kappa shape index (κ3) is 5.65. The Balaban J connectivity index is 1.25. The van der Waals surface area contributed by atoms with Gasteiger partial charge in [-0.2, -0.15) is 12.7 Å². The zero-order chi connectivity index (χ0) is 26.0. The maximum Gasteiger partial charge on any atom is 0.301 e. The molecule has 37 heavy (non-hydrogen) atoms. The van der Waals surface area contributed by atoms with Crippen molar-refractivity contribution in [1.29, 1.82) is 0 Å². The van der Waals surface area contributed by atoms with E-state index in [0.29, 0.717) is 69.9 Å². The number of anilines is 3. The molecule has 2 saturated heterocycles. The van der Waals surface area contributed by atoms with Gasteiger partial charge in [0.25, 0.3) is 5.91 Å². The molecule has 198 valence electrons. The Morgan fingerprint density at radius 1 is 1.05 bits per heavy atom. The first-order chi connectivity index (χ1) is 17.8. The van der Waals surface area contributed by atoms with Crippen LogP contribution < -0.4 is 14.9 Å². The van der Waals surface area contributed by atoms with E-state index in [1.807, 2.05) is 17.0 Å². The summed E-state index contributed by atoms with van der Waals surface area (Å²) < 4.78 is 34.6. The molecule has 12 heteroatoms. The van der Waals surface area contributed by atoms with E-state index >= 15 is 0 Å². The normalized spacial score (nSPS) is 17.4. The smallest absolute Gasteiger partial charge is 0.301 e. The van der Waals surface area contributed by atoms with Gasteiger partial charge in [-0.25, -0.2) is 4.98 Å². The summed E-state index contributed by atoms with van der Waals surface area (Å²) in [6.07, 6.45) is 1.79. The highest BCUT2D eigenvalue weighted by Crippen LogP contribution is 2.26. The number of ether oxygens (including phenoxy) is 1. The van der Waals surface area contributed by atoms with Crippen LogP contribution in [0.4, 0.5) is 17.2 Å². The Bertz CT molecular complexity index is 1360. The fourth-order valence-corrected chi connectivity index (χ4v) is 5.86. The highest BCUT2D eigenvalue weighted by atomic mass is 32.2. The second kappa shape index (κ2) is 10.6. The zero-order valence-electron chi connectivity index (χ0n) is 21.1. The molecule has 2 fully saturated rings. The summed E-state index contributed by atoms with van der Waals surface area (Å²) in [5.41, 5.74) is 2.70. The van der Waals surface area contributed by atoms with E-state index in [1.54, 1.807) is 30.5 Å². The Kier molecular flexibility index (Phi) is 7.22. The lowest BCUT2D eigenvalue weighted by Crippen LogP contribution is -2.49. The van der Waals surface area contributed by atoms with Crippen LogP contribution in [0.15, 0.2) is 42.6 Å². The van der Waals surface area contributed by atoms with Gasteiger partial charge < -0.3 is 24.8 Å². The van der Waals surface area contributed by atoms with E-state index in [-0.39, 0.29) is 5.91 Å². The number of hydrogen-bond donors (Lipinski definition) is 3. The van der Waals surface area contributed by atoms with Crippen LogP contribution >= 0.6 is 0 Å². The number of aromatic nitrogens is 2. The molecule has 2 aliphatic rings. The van der Waals surface area contributed by atoms with Gasteiger partial charge in [-0.3, -0.25) is 9.52 Å². The SMILES string of the molecule is CC(C)Nc1cccnc1N1CCN(C(=O)c2cc3cc(NS(=O)(=O)N4CCOCC4)ccc3[nH]2)CC1. The van der Waals surface area contributed by atoms with Gasteiger partial charge in [0.05, 0.1) is 24.6 Å². The van der Waals surface area contributed by atoms with Gasteiger partial charge in [0.1, 0.15) is 5.69 Å². The van der Waals surface area contributed by atoms with Gasteiger partial charge in [0, 0.05) is 62.4 Å². The molecule has 0 atom stereocenters. The number of piperazine rings is 1. The molecule has 0 radical (unpaired) electrons. The van der Waals surface area contributed by atoms with E-state index in [0.717, 1.165) is 22.4 Å². The first kappa shape index (κ1) is 25.3. The molecular formula is C25H33N7O4S. The van der Waals surface area contributed by atoms with Crippen molar-refractivity contribution in [2.75, 3.05) is 67.4 Å². The van der Waals surface area contributed by atoms with Gasteiger partial charge in [-0.1, -0.05) is 0 Å². The van der Waals surface area contributed by atoms with Gasteiger partial charge in [-0.15, -0.1) is 0 Å². The average Bonchev–Trinajstić information content (AvgIpc) is 3.32. The number of aromatic amines is 1. The fraction of sp³-hybridized carbons (Fsp3) is 0.440. The van der Waals surface area contributed by atoms with E-state index < -0.39 is 10.2 Å². The second-order valence-electron chi connectivity index (χ2n) is 9.56. The molecule has 2 aliphatic heterocycles. The summed E-state index contributed by atoms with van der Waals surface area (Å²) in [4.78, 5) is 25.1. The standard InChI is InChI=1S/C25H33N7O4S/c1-18(2)27-22-4-3-7-26-24(22)30-8-10-31(11-9-30)25(33)23-17-19-16-20(5-6-21(19)28-23)29-37(34,35)32-12-14-36-15-13-32/h3-7,16-18,27-29H,8-15H2,1-2H3. The molecule has 3 N–H and O–H groups in total. The maximum absolute atomic E-state index is 13.3. The van der Waals surface area contributed by atoms with Crippen LogP contribution in [0.25, 0.3) is 10.9 Å². The Hall–Kier alpha value is -3.35. The minimum absolute atomic E-state index is 0.0761. The summed E-state index contributed by atoms with van der Waals surface area (Å²) in [7, 11) is -3.67. The second-order valence-corrected chi connectivity index (χ2v) is 11.2. The van der Waals surface area contributed by atoms with Crippen LogP contribution in [-0.4, -0.2) is 92.0 Å². The number of carbonyl (C=O) groups excluding carboxylic acids is 1. The van der Waals surface area contributed by atoms with Crippen molar-refractivity contribution < 1.29 is 17.9 Å². The largest absolute Gasteiger partial charge is 0.380 e. The van der Waals surface area contributed by atoms with E-state index in [4.69, 9.17) is 4.74 Å². The van der Waals surface area contributed by atoms with Gasteiger partial charge in [0.15, 0.2) is 5.82 Å². The monoisotopic (exact) mass is 527 g/mol. The minimum Gasteiger partial charge on any atom is -0.380 e. The molecule has 11 nitrogen and oxygen atoms in total. The van der Waals surface area contributed by atoms with Gasteiger partial charge >= 0.3 is 10.2 Å². The molecular weight excluding hydrogens is 494 g/mol. The van der Waals surface area contributed by atoms with Crippen molar-refractivity contribution in [1.82, 2.24) is 19.2 Å². The number of carbonyl (C=O) groups is 1. The summed E-state index contributed by atoms with van der Waals surface area (Å²) in [5, 5.41) is 4.21. The molecule has 0 unspecified atom stereocenters. The quantitative estimate of drug-likeness (QED) is 0.431. The van der Waals surface area contributed by atoms with Crippen molar-refractivity contribution in [2.45, 2.75) is 19.9 Å². The Morgan fingerprint density at radius 3 is 2.54 bits per heavy atom. The van der Waals surface area contributed by atoms with E-state index in [1.165, 1.54) is 4.31 Å². The lowest BCUT2D eigenvalue weighted by Gasteiger charge is -2.36. The number of pyridine rings is 1. The van der Waals surface area contributed by atoms with Crippen LogP contribution in [0.5, 0.6) is 0 Å². The van der Waals surface area contributed by atoms with Gasteiger partial charge in [-0.05, 0) is 50.2 Å². The molecule has 3 aromatic rings. The van der Waals surface area contributed by atoms with E-state index in [9.17, 15) is 13.2 Å². The number of benzene rings is 1. The predicted molar refractivity (Wildman–Crippen MR) is 144 cm³/mol. The maximum atomic E-state index is 13.3. The summed E-state index contributed by atoms with van der Waals surface area (Å²) in [5.74, 6) is 0.828. The topological polar surface area (TPSA) is 123 Å². The predicted octanol–water partition coefficient (Wildman–Crippen LogP) is 2.33. The van der Waals surface area contributed by atoms with E-state index in [2.05, 4.69) is 38.8 Å². The summed E-state index contributed by atoms with van der Waals surface area (Å²) >= 11 is 0. The highest BCUT2D eigenvalue weighted by molar-refractivity contribution is 7.90. The molecule has 5 rings (SSSR count). The van der Waals surface area contributed by atoms with Crippen molar-refractivity contribution >= 4 is 44.2 Å². The number of amides is 1. The third-order valence-corrected chi connectivity index (χ3v) is 8.04. The molecule has 1 aromatic carbocycles. The van der Waals surface area contributed by atoms with Crippen LogP contribution in [-0.2, 0) is 14.9 Å². The average molecular weight is 528 g/mol. The molecule has 0 saturated carbocycles. The number of fused-ring (bicyclic) bond motifs is 1. The highest BCUT2D eigenvalue weighted by Gasteiger charge is 2.26. The summed E-state index contributed by atoms with van der Waals surface area (Å²) in [6.45, 7) is 8.13. The van der Waals surface area contributed by atoms with Crippen molar-refractivity contribution in [3.63, 3.8) is 0 Å². The number of morpholine rings is 1. The Morgan fingerprint density at radius 2 is 1.81 bits per heavy atom. The number of nitrogens with one attached hydrogen (secondary N) is 3. The van der Waals surface area contributed by atoms with Crippen molar-refractivity contribution in [3.05, 3.63) is 48.3 Å². The fourth-order valence-electron chi connectivity index (χ4n) is 4.68. The number of H-pyrrole nitrogens is 1. The zero-order valence-corrected chi connectivity index (χ0v) is 21.9.